The minimum absolute atomic E-state index is 0.0191. The minimum atomic E-state index is -0.511. The van der Waals surface area contributed by atoms with Crippen LogP contribution >= 0.6 is 11.6 Å². The molecular formula is C17H15ClFN5O. The molecule has 3 rings (SSSR count). The minimum Gasteiger partial charge on any atom is -0.486 e. The third-order valence-electron chi connectivity index (χ3n) is 3.27. The molecule has 0 aliphatic rings. The number of nitrogens with zero attached hydrogens (tertiary/aromatic N) is 3. The highest BCUT2D eigenvalue weighted by atomic mass is 35.5. The zero-order valence-corrected chi connectivity index (χ0v) is 14.1. The third kappa shape index (κ3) is 4.54. The molecule has 0 atom stereocenters. The molecule has 2 aromatic carbocycles. The summed E-state index contributed by atoms with van der Waals surface area (Å²) in [7, 11) is 0. The lowest BCUT2D eigenvalue weighted by atomic mass is 10.2. The molecule has 0 spiro atoms. The average Bonchev–Trinajstić information content (AvgIpc) is 2.58. The van der Waals surface area contributed by atoms with Crippen molar-refractivity contribution >= 4 is 29.2 Å². The molecular weight excluding hydrogens is 345 g/mol. The van der Waals surface area contributed by atoms with E-state index in [1.807, 2.05) is 31.2 Å². The van der Waals surface area contributed by atoms with Crippen LogP contribution in [0.3, 0.4) is 0 Å². The van der Waals surface area contributed by atoms with Crippen LogP contribution in [0.1, 0.15) is 11.4 Å². The largest absolute Gasteiger partial charge is 0.486 e. The Morgan fingerprint density at radius 3 is 2.60 bits per heavy atom. The lowest BCUT2D eigenvalue weighted by Crippen LogP contribution is -2.09. The second-order valence-electron chi connectivity index (χ2n) is 5.29. The molecule has 6 nitrogen and oxygen atoms in total. The molecule has 0 aliphatic heterocycles. The lowest BCUT2D eigenvalue weighted by Gasteiger charge is -2.09. The van der Waals surface area contributed by atoms with Crippen molar-refractivity contribution in [1.29, 1.82) is 0 Å². The van der Waals surface area contributed by atoms with Crippen molar-refractivity contribution in [1.82, 2.24) is 15.0 Å². The van der Waals surface area contributed by atoms with Crippen molar-refractivity contribution in [2.45, 2.75) is 13.5 Å². The van der Waals surface area contributed by atoms with Gasteiger partial charge in [-0.15, -0.1) is 0 Å². The first kappa shape index (κ1) is 16.9. The molecule has 8 heteroatoms. The van der Waals surface area contributed by atoms with E-state index in [0.717, 1.165) is 11.3 Å². The summed E-state index contributed by atoms with van der Waals surface area (Å²) in [6, 6.07) is 11.8. The maximum absolute atomic E-state index is 13.2. The first-order valence-electron chi connectivity index (χ1n) is 7.41. The van der Waals surface area contributed by atoms with Gasteiger partial charge in [-0.3, -0.25) is 0 Å². The van der Waals surface area contributed by atoms with Crippen LogP contribution in [-0.2, 0) is 6.61 Å². The van der Waals surface area contributed by atoms with Gasteiger partial charge in [0.1, 0.15) is 18.2 Å². The molecule has 0 unspecified atom stereocenters. The molecule has 1 aromatic heterocycles. The van der Waals surface area contributed by atoms with Crippen LogP contribution in [0.15, 0.2) is 42.5 Å². The normalized spacial score (nSPS) is 10.5. The molecule has 3 N–H and O–H groups in total. The SMILES string of the molecule is Cc1ccc(Nc2nc(N)nc(COc3ccc(F)c(Cl)c3)n2)cc1. The number of nitrogens with two attached hydrogens (primary N) is 1. The Kier molecular flexibility index (Phi) is 4.95. The number of benzene rings is 2. The van der Waals surface area contributed by atoms with Gasteiger partial charge in [-0.05, 0) is 31.2 Å². The Morgan fingerprint density at radius 1 is 1.12 bits per heavy atom. The highest BCUT2D eigenvalue weighted by Crippen LogP contribution is 2.22. The first-order valence-corrected chi connectivity index (χ1v) is 7.79. The number of anilines is 3. The van der Waals surface area contributed by atoms with Gasteiger partial charge >= 0.3 is 0 Å². The van der Waals surface area contributed by atoms with Crippen molar-refractivity contribution < 1.29 is 9.13 Å². The van der Waals surface area contributed by atoms with Crippen molar-refractivity contribution in [2.75, 3.05) is 11.1 Å². The predicted molar refractivity (Wildman–Crippen MR) is 94.4 cm³/mol. The summed E-state index contributed by atoms with van der Waals surface area (Å²) < 4.78 is 18.7. The van der Waals surface area contributed by atoms with Gasteiger partial charge < -0.3 is 15.8 Å². The Balaban J connectivity index is 1.72. The van der Waals surface area contributed by atoms with E-state index >= 15 is 0 Å². The molecule has 0 saturated carbocycles. The number of ether oxygens (including phenoxy) is 1. The van der Waals surface area contributed by atoms with E-state index in [4.69, 9.17) is 22.1 Å². The fourth-order valence-corrected chi connectivity index (χ4v) is 2.21. The molecule has 3 aromatic rings. The number of hydrogen-bond acceptors (Lipinski definition) is 6. The topological polar surface area (TPSA) is 86.0 Å². The summed E-state index contributed by atoms with van der Waals surface area (Å²) in [5.74, 6) is 0.608. The van der Waals surface area contributed by atoms with E-state index in [2.05, 4.69) is 20.3 Å². The summed E-state index contributed by atoms with van der Waals surface area (Å²) in [6.45, 7) is 2.04. The van der Waals surface area contributed by atoms with Crippen LogP contribution in [0.2, 0.25) is 5.02 Å². The molecule has 0 amide bonds. The van der Waals surface area contributed by atoms with Crippen molar-refractivity contribution in [3.63, 3.8) is 0 Å². The Hall–Kier alpha value is -2.93. The smallest absolute Gasteiger partial charge is 0.232 e. The fraction of sp³-hybridized carbons (Fsp3) is 0.118. The Morgan fingerprint density at radius 2 is 1.88 bits per heavy atom. The van der Waals surface area contributed by atoms with E-state index in [9.17, 15) is 4.39 Å². The number of aryl methyl sites for hydroxylation is 1. The van der Waals surface area contributed by atoms with Gasteiger partial charge in [0.2, 0.25) is 11.9 Å². The van der Waals surface area contributed by atoms with Gasteiger partial charge in [-0.1, -0.05) is 29.3 Å². The molecule has 25 heavy (non-hydrogen) atoms. The van der Waals surface area contributed by atoms with Crippen LogP contribution in [0.25, 0.3) is 0 Å². The van der Waals surface area contributed by atoms with Crippen molar-refractivity contribution in [3.05, 3.63) is 64.7 Å². The number of hydrogen-bond donors (Lipinski definition) is 2. The maximum atomic E-state index is 13.2. The molecule has 128 valence electrons. The second kappa shape index (κ2) is 7.31. The van der Waals surface area contributed by atoms with E-state index in [-0.39, 0.29) is 17.6 Å². The highest BCUT2D eigenvalue weighted by Gasteiger charge is 2.07. The highest BCUT2D eigenvalue weighted by molar-refractivity contribution is 6.30. The molecule has 0 saturated heterocycles. The zero-order chi connectivity index (χ0) is 17.8. The lowest BCUT2D eigenvalue weighted by molar-refractivity contribution is 0.295. The number of aromatic nitrogens is 3. The van der Waals surface area contributed by atoms with E-state index in [0.29, 0.717) is 17.5 Å². The quantitative estimate of drug-likeness (QED) is 0.719. The molecule has 0 aliphatic carbocycles. The monoisotopic (exact) mass is 359 g/mol. The predicted octanol–water partition coefficient (Wildman–Crippen LogP) is 3.88. The molecule has 0 fully saturated rings. The van der Waals surface area contributed by atoms with Gasteiger partial charge in [0.05, 0.1) is 5.02 Å². The standard InChI is InChI=1S/C17H15ClFN5O/c1-10-2-4-11(5-3-10)21-17-23-15(22-16(20)24-17)9-25-12-6-7-14(19)13(18)8-12/h2-8H,9H2,1H3,(H3,20,21,22,23,24). The number of nitrogen functional groups attached to an aromatic ring is 1. The van der Waals surface area contributed by atoms with Crippen LogP contribution in [0.5, 0.6) is 5.75 Å². The van der Waals surface area contributed by atoms with Crippen LogP contribution in [0.4, 0.5) is 22.0 Å². The van der Waals surface area contributed by atoms with Gasteiger partial charge in [0, 0.05) is 11.8 Å². The summed E-state index contributed by atoms with van der Waals surface area (Å²) in [5, 5.41) is 3.04. The van der Waals surface area contributed by atoms with Crippen LogP contribution < -0.4 is 15.8 Å². The Labute approximate surface area is 148 Å². The van der Waals surface area contributed by atoms with Crippen molar-refractivity contribution in [3.8, 4) is 5.75 Å². The average molecular weight is 360 g/mol. The summed E-state index contributed by atoms with van der Waals surface area (Å²) >= 11 is 5.72. The first-order chi connectivity index (χ1) is 12.0. The molecule has 0 bridgehead atoms. The number of rotatable bonds is 5. The fourth-order valence-electron chi connectivity index (χ4n) is 2.04. The summed E-state index contributed by atoms with van der Waals surface area (Å²) in [6.07, 6.45) is 0. The number of nitrogens with one attached hydrogen (secondary N) is 1. The zero-order valence-electron chi connectivity index (χ0n) is 13.3. The van der Waals surface area contributed by atoms with Gasteiger partial charge in [0.15, 0.2) is 5.82 Å². The van der Waals surface area contributed by atoms with Gasteiger partial charge in [-0.2, -0.15) is 15.0 Å². The molecule has 1 heterocycles. The Bertz CT molecular complexity index is 889. The van der Waals surface area contributed by atoms with Crippen LogP contribution in [-0.4, -0.2) is 15.0 Å². The van der Waals surface area contributed by atoms with Crippen LogP contribution in [0, 0.1) is 12.7 Å². The van der Waals surface area contributed by atoms with Gasteiger partial charge in [0.25, 0.3) is 0 Å². The number of halogens is 2. The summed E-state index contributed by atoms with van der Waals surface area (Å²) in [5.41, 5.74) is 7.69. The third-order valence-corrected chi connectivity index (χ3v) is 3.56. The van der Waals surface area contributed by atoms with E-state index in [1.54, 1.807) is 0 Å². The molecule has 0 radical (unpaired) electrons. The summed E-state index contributed by atoms with van der Waals surface area (Å²) in [4.78, 5) is 12.3. The van der Waals surface area contributed by atoms with E-state index < -0.39 is 5.82 Å². The second-order valence-corrected chi connectivity index (χ2v) is 5.70. The van der Waals surface area contributed by atoms with Crippen molar-refractivity contribution in [2.24, 2.45) is 0 Å². The van der Waals surface area contributed by atoms with Gasteiger partial charge in [-0.25, -0.2) is 4.39 Å². The van der Waals surface area contributed by atoms with E-state index in [1.165, 1.54) is 18.2 Å². The maximum Gasteiger partial charge on any atom is 0.232 e.